The van der Waals surface area contributed by atoms with Gasteiger partial charge in [-0.3, -0.25) is 0 Å². The molecule has 0 unspecified atom stereocenters. The average Bonchev–Trinajstić information content (AvgIpc) is 2.17. The number of aliphatic hydroxyl groups is 1. The smallest absolute Gasteiger partial charge is 0.128 e. The zero-order valence-electron chi connectivity index (χ0n) is 9.57. The van der Waals surface area contributed by atoms with Gasteiger partial charge in [0, 0.05) is 19.8 Å². The van der Waals surface area contributed by atoms with Gasteiger partial charge < -0.3 is 10.0 Å². The normalized spacial score (nSPS) is 12.3. The van der Waals surface area contributed by atoms with E-state index in [9.17, 15) is 5.11 Å². The summed E-state index contributed by atoms with van der Waals surface area (Å²) in [5, 5.41) is 9.45. The van der Waals surface area contributed by atoms with Gasteiger partial charge >= 0.3 is 0 Å². The molecule has 0 bridgehead atoms. The molecule has 1 aromatic heterocycles. The van der Waals surface area contributed by atoms with Gasteiger partial charge in [0.1, 0.15) is 5.82 Å². The molecule has 1 rings (SSSR count). The summed E-state index contributed by atoms with van der Waals surface area (Å²) in [6, 6.07) is 3.72. The highest BCUT2D eigenvalue weighted by atomic mass is 16.3. The fraction of sp³-hybridized carbons (Fsp3) is 0.417. The number of hydrogen-bond donors (Lipinski definition) is 1. The maximum absolute atomic E-state index is 9.45. The Kier molecular flexibility index (Phi) is 3.86. The van der Waals surface area contributed by atoms with Crippen molar-refractivity contribution in [3.63, 3.8) is 0 Å². The Bertz CT molecular complexity index is 347. The van der Waals surface area contributed by atoms with E-state index >= 15 is 0 Å². The van der Waals surface area contributed by atoms with Crippen LogP contribution in [0.2, 0.25) is 0 Å². The third-order valence-corrected chi connectivity index (χ3v) is 2.15. The highest BCUT2D eigenvalue weighted by Crippen LogP contribution is 2.17. The molecule has 0 aliphatic heterocycles. The number of nitrogens with zero attached hydrogens (tertiary/aromatic N) is 2. The van der Waals surface area contributed by atoms with E-state index in [1.165, 1.54) is 0 Å². The first-order valence-corrected chi connectivity index (χ1v) is 5.00. The number of rotatable bonds is 4. The van der Waals surface area contributed by atoms with Crippen molar-refractivity contribution in [1.82, 2.24) is 4.98 Å². The van der Waals surface area contributed by atoms with Crippen LogP contribution in [0.3, 0.4) is 0 Å². The first-order chi connectivity index (χ1) is 7.00. The largest absolute Gasteiger partial charge is 0.389 e. The number of hydrogen-bond acceptors (Lipinski definition) is 3. The summed E-state index contributed by atoms with van der Waals surface area (Å²) in [4.78, 5) is 6.26. The molecule has 0 fully saturated rings. The number of anilines is 1. The second-order valence-electron chi connectivity index (χ2n) is 3.94. The lowest BCUT2D eigenvalue weighted by Crippen LogP contribution is -2.20. The van der Waals surface area contributed by atoms with Crippen molar-refractivity contribution in [3.05, 3.63) is 36.0 Å². The minimum absolute atomic E-state index is 0.454. The second kappa shape index (κ2) is 4.94. The molecular formula is C12H18N2O. The summed E-state index contributed by atoms with van der Waals surface area (Å²) in [6.45, 7) is 8.36. The summed E-state index contributed by atoms with van der Waals surface area (Å²) >= 11 is 0. The monoisotopic (exact) mass is 206 g/mol. The van der Waals surface area contributed by atoms with Gasteiger partial charge in [0.15, 0.2) is 0 Å². The van der Waals surface area contributed by atoms with Crippen LogP contribution in [0.15, 0.2) is 30.5 Å². The van der Waals surface area contributed by atoms with Crippen molar-refractivity contribution in [2.75, 3.05) is 18.5 Å². The molecule has 0 amide bonds. The van der Waals surface area contributed by atoms with Gasteiger partial charge in [-0.25, -0.2) is 4.98 Å². The van der Waals surface area contributed by atoms with Crippen LogP contribution in [-0.2, 0) is 0 Å². The summed E-state index contributed by atoms with van der Waals surface area (Å²) in [6.07, 6.45) is 1.26. The van der Waals surface area contributed by atoms with Crippen LogP contribution in [0.5, 0.6) is 0 Å². The van der Waals surface area contributed by atoms with Crippen LogP contribution < -0.4 is 4.90 Å². The van der Waals surface area contributed by atoms with Crippen LogP contribution in [0.4, 0.5) is 5.82 Å². The number of pyridine rings is 1. The molecule has 0 aliphatic rings. The summed E-state index contributed by atoms with van der Waals surface area (Å²) in [5.41, 5.74) is 1.97. The number of aromatic nitrogens is 1. The molecule has 1 N–H and O–H groups in total. The minimum atomic E-state index is -0.454. The van der Waals surface area contributed by atoms with E-state index in [2.05, 4.69) is 11.6 Å². The maximum atomic E-state index is 9.45. The summed E-state index contributed by atoms with van der Waals surface area (Å²) in [7, 11) is 1.96. The van der Waals surface area contributed by atoms with E-state index in [1.807, 2.05) is 31.0 Å². The minimum Gasteiger partial charge on any atom is -0.389 e. The molecular weight excluding hydrogens is 188 g/mol. The third kappa shape index (κ3) is 3.36. The van der Waals surface area contributed by atoms with E-state index < -0.39 is 6.10 Å². The lowest BCUT2D eigenvalue weighted by molar-refractivity contribution is 0.199. The molecule has 0 saturated carbocycles. The third-order valence-electron chi connectivity index (χ3n) is 2.15. The van der Waals surface area contributed by atoms with Gasteiger partial charge in [0.05, 0.1) is 6.10 Å². The second-order valence-corrected chi connectivity index (χ2v) is 3.94. The van der Waals surface area contributed by atoms with Crippen LogP contribution in [0.25, 0.3) is 0 Å². The highest BCUT2D eigenvalue weighted by molar-refractivity contribution is 5.41. The van der Waals surface area contributed by atoms with Gasteiger partial charge in [-0.1, -0.05) is 12.2 Å². The number of aliphatic hydroxyl groups excluding tert-OH is 1. The van der Waals surface area contributed by atoms with E-state index in [-0.39, 0.29) is 0 Å². The van der Waals surface area contributed by atoms with Gasteiger partial charge in [-0.2, -0.15) is 0 Å². The Balaban J connectivity index is 2.85. The Hall–Kier alpha value is -1.35. The van der Waals surface area contributed by atoms with E-state index in [0.29, 0.717) is 0 Å². The molecule has 82 valence electrons. The summed E-state index contributed by atoms with van der Waals surface area (Å²) < 4.78 is 0. The first kappa shape index (κ1) is 11.7. The summed E-state index contributed by atoms with van der Waals surface area (Å²) in [5.74, 6) is 0.858. The van der Waals surface area contributed by atoms with E-state index in [0.717, 1.165) is 23.5 Å². The van der Waals surface area contributed by atoms with Gasteiger partial charge in [0.25, 0.3) is 0 Å². The molecule has 0 radical (unpaired) electrons. The van der Waals surface area contributed by atoms with Crippen LogP contribution >= 0.6 is 0 Å². The van der Waals surface area contributed by atoms with Crippen LogP contribution in [0, 0.1) is 0 Å². The zero-order chi connectivity index (χ0) is 11.4. The molecule has 0 saturated heterocycles. The predicted molar refractivity (Wildman–Crippen MR) is 63.0 cm³/mol. The molecule has 0 spiro atoms. The lowest BCUT2D eigenvalue weighted by Gasteiger charge is -2.19. The average molecular weight is 206 g/mol. The van der Waals surface area contributed by atoms with Gasteiger partial charge in [-0.05, 0) is 31.5 Å². The molecule has 1 aromatic rings. The lowest BCUT2D eigenvalue weighted by atomic mass is 10.1. The Labute approximate surface area is 91.1 Å². The molecule has 3 heteroatoms. The van der Waals surface area contributed by atoms with Crippen molar-refractivity contribution >= 4 is 5.82 Å². The van der Waals surface area contributed by atoms with Crippen molar-refractivity contribution in [3.8, 4) is 0 Å². The van der Waals surface area contributed by atoms with Gasteiger partial charge in [0.2, 0.25) is 0 Å². The zero-order valence-corrected chi connectivity index (χ0v) is 9.57. The van der Waals surface area contributed by atoms with E-state index in [1.54, 1.807) is 13.1 Å². The molecule has 1 atom stereocenters. The fourth-order valence-electron chi connectivity index (χ4n) is 1.39. The van der Waals surface area contributed by atoms with E-state index in [4.69, 9.17) is 0 Å². The Morgan fingerprint density at radius 2 is 2.33 bits per heavy atom. The predicted octanol–water partition coefficient (Wildman–Crippen LogP) is 2.15. The van der Waals surface area contributed by atoms with Crippen LogP contribution in [-0.4, -0.2) is 23.7 Å². The van der Waals surface area contributed by atoms with Gasteiger partial charge in [-0.15, -0.1) is 0 Å². The molecule has 1 heterocycles. The fourth-order valence-corrected chi connectivity index (χ4v) is 1.39. The molecule has 3 nitrogen and oxygen atoms in total. The van der Waals surface area contributed by atoms with Crippen molar-refractivity contribution in [1.29, 1.82) is 0 Å². The van der Waals surface area contributed by atoms with Crippen LogP contribution in [0.1, 0.15) is 25.5 Å². The van der Waals surface area contributed by atoms with Crippen molar-refractivity contribution in [2.24, 2.45) is 0 Å². The quantitative estimate of drug-likeness (QED) is 0.767. The molecule has 15 heavy (non-hydrogen) atoms. The Morgan fingerprint density at radius 1 is 1.67 bits per heavy atom. The van der Waals surface area contributed by atoms with Crippen molar-refractivity contribution < 1.29 is 5.11 Å². The molecule has 0 aromatic carbocycles. The highest BCUT2D eigenvalue weighted by Gasteiger charge is 2.06. The standard InChI is InChI=1S/C12H18N2O/c1-9(2)8-14(4)12-7-11(10(3)15)5-6-13-12/h5-7,10,15H,1,8H2,2-4H3/t10-/m1/s1. The number of likely N-dealkylation sites (N-methyl/N-ethyl adjacent to an activating group) is 1. The molecule has 0 aliphatic carbocycles. The first-order valence-electron chi connectivity index (χ1n) is 5.00. The maximum Gasteiger partial charge on any atom is 0.128 e. The topological polar surface area (TPSA) is 36.4 Å². The Morgan fingerprint density at radius 3 is 2.87 bits per heavy atom. The SMILES string of the molecule is C=C(C)CN(C)c1cc([C@@H](C)O)ccn1. The van der Waals surface area contributed by atoms with Crippen molar-refractivity contribution in [2.45, 2.75) is 20.0 Å².